The van der Waals surface area contributed by atoms with E-state index in [4.69, 9.17) is 9.47 Å². The van der Waals surface area contributed by atoms with Crippen LogP contribution in [-0.4, -0.2) is 41.3 Å². The Bertz CT molecular complexity index is 929. The van der Waals surface area contributed by atoms with Crippen LogP contribution >= 0.6 is 0 Å². The Morgan fingerprint density at radius 1 is 1.11 bits per heavy atom. The first-order valence-corrected chi connectivity index (χ1v) is 10.7. The molecular formula is C20H26N2O5S. The van der Waals surface area contributed by atoms with Crippen LogP contribution < -0.4 is 19.1 Å². The van der Waals surface area contributed by atoms with Gasteiger partial charge < -0.3 is 14.8 Å². The molecule has 8 heteroatoms. The summed E-state index contributed by atoms with van der Waals surface area (Å²) in [4.78, 5) is 13.0. The van der Waals surface area contributed by atoms with Crippen LogP contribution in [0.2, 0.25) is 0 Å². The molecule has 0 heterocycles. The fourth-order valence-electron chi connectivity index (χ4n) is 2.94. The molecule has 0 saturated carbocycles. The molecule has 0 spiro atoms. The second-order valence-electron chi connectivity index (χ2n) is 6.26. The Kier molecular flexibility index (Phi) is 6.90. The quantitative estimate of drug-likeness (QED) is 0.728. The molecule has 1 atom stereocenters. The first-order valence-electron chi connectivity index (χ1n) is 8.82. The number of ether oxygens (including phenoxy) is 2. The highest BCUT2D eigenvalue weighted by molar-refractivity contribution is 7.92. The molecule has 1 amide bonds. The number of rotatable bonds is 8. The van der Waals surface area contributed by atoms with Gasteiger partial charge in [0.15, 0.2) is 11.5 Å². The van der Waals surface area contributed by atoms with E-state index in [0.29, 0.717) is 11.5 Å². The van der Waals surface area contributed by atoms with Gasteiger partial charge in [0.05, 0.1) is 37.8 Å². The zero-order chi connectivity index (χ0) is 20.9. The van der Waals surface area contributed by atoms with Crippen molar-refractivity contribution in [2.75, 3.05) is 31.3 Å². The van der Waals surface area contributed by atoms with Gasteiger partial charge in [-0.3, -0.25) is 9.10 Å². The van der Waals surface area contributed by atoms with Crippen molar-refractivity contribution in [3.05, 3.63) is 53.6 Å². The van der Waals surface area contributed by atoms with Gasteiger partial charge in [-0.15, -0.1) is 0 Å². The fourth-order valence-corrected chi connectivity index (χ4v) is 3.92. The van der Waals surface area contributed by atoms with Crippen LogP contribution in [0.25, 0.3) is 0 Å². The number of hydrogen-bond donors (Lipinski definition) is 1. The lowest BCUT2D eigenvalue weighted by atomic mass is 10.1. The van der Waals surface area contributed by atoms with Crippen LogP contribution in [0.5, 0.6) is 11.5 Å². The Labute approximate surface area is 166 Å². The van der Waals surface area contributed by atoms with Crippen molar-refractivity contribution in [2.45, 2.75) is 19.9 Å². The van der Waals surface area contributed by atoms with Crippen molar-refractivity contribution < 1.29 is 22.7 Å². The monoisotopic (exact) mass is 406 g/mol. The fraction of sp³-hybridized carbons (Fsp3) is 0.350. The molecule has 7 nitrogen and oxygen atoms in total. The van der Waals surface area contributed by atoms with Crippen LogP contribution in [0.4, 0.5) is 5.69 Å². The second-order valence-corrected chi connectivity index (χ2v) is 8.16. The molecule has 0 bridgehead atoms. The maximum absolute atomic E-state index is 13.0. The molecule has 152 valence electrons. The van der Waals surface area contributed by atoms with Crippen LogP contribution in [0.1, 0.15) is 35.8 Å². The van der Waals surface area contributed by atoms with Gasteiger partial charge in [-0.05, 0) is 25.5 Å². The molecule has 2 rings (SSSR count). The van der Waals surface area contributed by atoms with Gasteiger partial charge in [0.25, 0.3) is 5.91 Å². The number of methoxy groups -OCH3 is 2. The van der Waals surface area contributed by atoms with Crippen molar-refractivity contribution >= 4 is 21.6 Å². The normalized spacial score (nSPS) is 12.2. The van der Waals surface area contributed by atoms with E-state index in [1.165, 1.54) is 26.4 Å². The van der Waals surface area contributed by atoms with E-state index < -0.39 is 15.9 Å². The van der Waals surface area contributed by atoms with Gasteiger partial charge in [0.2, 0.25) is 10.0 Å². The van der Waals surface area contributed by atoms with Crippen LogP contribution in [0.15, 0.2) is 42.5 Å². The smallest absolute Gasteiger partial charge is 0.254 e. The molecule has 0 saturated heterocycles. The Balaban J connectivity index is 2.52. The van der Waals surface area contributed by atoms with Crippen molar-refractivity contribution in [1.29, 1.82) is 0 Å². The topological polar surface area (TPSA) is 84.9 Å². The third-order valence-electron chi connectivity index (χ3n) is 4.35. The molecule has 28 heavy (non-hydrogen) atoms. The molecule has 2 aromatic rings. The number of carbonyl (C=O) groups excluding carboxylic acids is 1. The minimum Gasteiger partial charge on any atom is -0.493 e. The summed E-state index contributed by atoms with van der Waals surface area (Å²) in [5, 5.41) is 2.92. The maximum atomic E-state index is 13.0. The van der Waals surface area contributed by atoms with Gasteiger partial charge in [-0.1, -0.05) is 30.3 Å². The first-order chi connectivity index (χ1) is 13.2. The SMILES string of the molecule is CCN(c1cc(OC)c(OC)cc1C(=O)NC(C)c1ccccc1)S(C)(=O)=O. The predicted molar refractivity (Wildman–Crippen MR) is 110 cm³/mol. The molecule has 0 fully saturated rings. The molecule has 0 aliphatic carbocycles. The number of amides is 1. The summed E-state index contributed by atoms with van der Waals surface area (Å²) in [7, 11) is -0.680. The van der Waals surface area contributed by atoms with Crippen molar-refractivity contribution in [1.82, 2.24) is 5.32 Å². The average molecular weight is 407 g/mol. The summed E-state index contributed by atoms with van der Waals surface area (Å²) < 4.78 is 36.3. The van der Waals surface area contributed by atoms with Crippen LogP contribution in [-0.2, 0) is 10.0 Å². The predicted octanol–water partition coefficient (Wildman–Crippen LogP) is 2.98. The molecule has 0 radical (unpaired) electrons. The highest BCUT2D eigenvalue weighted by Crippen LogP contribution is 2.36. The van der Waals surface area contributed by atoms with E-state index in [1.807, 2.05) is 37.3 Å². The van der Waals surface area contributed by atoms with Gasteiger partial charge in [-0.25, -0.2) is 8.42 Å². The summed E-state index contributed by atoms with van der Waals surface area (Å²) in [5.41, 5.74) is 1.36. The van der Waals surface area contributed by atoms with Gasteiger partial charge in [-0.2, -0.15) is 0 Å². The average Bonchev–Trinajstić information content (AvgIpc) is 2.67. The number of benzene rings is 2. The third-order valence-corrected chi connectivity index (χ3v) is 5.61. The van der Waals surface area contributed by atoms with Crippen LogP contribution in [0.3, 0.4) is 0 Å². The van der Waals surface area contributed by atoms with E-state index >= 15 is 0 Å². The Morgan fingerprint density at radius 3 is 2.18 bits per heavy atom. The molecule has 0 aliphatic heterocycles. The lowest BCUT2D eigenvalue weighted by Gasteiger charge is -2.25. The number of nitrogens with zero attached hydrogens (tertiary/aromatic N) is 1. The summed E-state index contributed by atoms with van der Waals surface area (Å²) in [5.74, 6) is 0.273. The Hall–Kier alpha value is -2.74. The minimum atomic E-state index is -3.59. The Morgan fingerprint density at radius 2 is 1.68 bits per heavy atom. The zero-order valence-electron chi connectivity index (χ0n) is 16.7. The number of carbonyl (C=O) groups is 1. The standard InChI is InChI=1S/C20H26N2O5S/c1-6-22(28(5,24)25)17-13-19(27-4)18(26-3)12-16(17)20(23)21-14(2)15-10-8-7-9-11-15/h7-14H,6H2,1-5H3,(H,21,23). The molecule has 1 unspecified atom stereocenters. The van der Waals surface area contributed by atoms with Crippen LogP contribution in [0, 0.1) is 0 Å². The zero-order valence-corrected chi connectivity index (χ0v) is 17.5. The van der Waals surface area contributed by atoms with Gasteiger partial charge in [0.1, 0.15) is 0 Å². The molecule has 0 aromatic heterocycles. The number of sulfonamides is 1. The minimum absolute atomic E-state index is 0.169. The number of anilines is 1. The second kappa shape index (κ2) is 8.97. The van der Waals surface area contributed by atoms with Gasteiger partial charge in [0, 0.05) is 12.6 Å². The summed E-state index contributed by atoms with van der Waals surface area (Å²) in [6.45, 7) is 3.73. The van der Waals surface area contributed by atoms with Crippen molar-refractivity contribution in [2.24, 2.45) is 0 Å². The maximum Gasteiger partial charge on any atom is 0.254 e. The lowest BCUT2D eigenvalue weighted by Crippen LogP contribution is -2.33. The van der Waals surface area contributed by atoms with Crippen molar-refractivity contribution in [3.8, 4) is 11.5 Å². The third kappa shape index (κ3) is 4.75. The van der Waals surface area contributed by atoms with Crippen molar-refractivity contribution in [3.63, 3.8) is 0 Å². The summed E-state index contributed by atoms with van der Waals surface area (Å²) >= 11 is 0. The number of nitrogens with one attached hydrogen (secondary N) is 1. The summed E-state index contributed by atoms with van der Waals surface area (Å²) in [6.07, 6.45) is 1.10. The molecule has 2 aromatic carbocycles. The van der Waals surface area contributed by atoms with E-state index in [-0.39, 0.29) is 23.8 Å². The highest BCUT2D eigenvalue weighted by atomic mass is 32.2. The first kappa shape index (κ1) is 21.6. The largest absolute Gasteiger partial charge is 0.493 e. The van der Waals surface area contributed by atoms with E-state index in [2.05, 4.69) is 5.32 Å². The summed E-state index contributed by atoms with van der Waals surface area (Å²) in [6, 6.07) is 12.2. The van der Waals surface area contributed by atoms with E-state index in [0.717, 1.165) is 16.1 Å². The highest BCUT2D eigenvalue weighted by Gasteiger charge is 2.26. The molecule has 1 N–H and O–H groups in total. The van der Waals surface area contributed by atoms with E-state index in [9.17, 15) is 13.2 Å². The van der Waals surface area contributed by atoms with E-state index in [1.54, 1.807) is 6.92 Å². The lowest BCUT2D eigenvalue weighted by molar-refractivity contribution is 0.0940. The number of hydrogen-bond acceptors (Lipinski definition) is 5. The van der Waals surface area contributed by atoms with Gasteiger partial charge >= 0.3 is 0 Å². The molecule has 0 aliphatic rings. The molecular weight excluding hydrogens is 380 g/mol.